The second-order valence-corrected chi connectivity index (χ2v) is 7.85. The van der Waals surface area contributed by atoms with Crippen LogP contribution in [-0.2, 0) is 32.2 Å². The monoisotopic (exact) mass is 386 g/mol. The summed E-state index contributed by atoms with van der Waals surface area (Å²) < 4.78 is 67.1. The summed E-state index contributed by atoms with van der Waals surface area (Å²) in [6.07, 6.45) is -4.86. The lowest BCUT2D eigenvalue weighted by atomic mass is 10.1. The lowest BCUT2D eigenvalue weighted by molar-refractivity contribution is -0.144. The van der Waals surface area contributed by atoms with Crippen LogP contribution < -0.4 is 0 Å². The molecule has 0 fully saturated rings. The van der Waals surface area contributed by atoms with Crippen LogP contribution >= 0.6 is 0 Å². The molecule has 0 aliphatic rings. The highest BCUT2D eigenvalue weighted by Crippen LogP contribution is 2.29. The molecule has 0 aromatic heterocycles. The van der Waals surface area contributed by atoms with E-state index in [1.54, 1.807) is 12.1 Å². The fourth-order valence-corrected chi connectivity index (χ4v) is 3.38. The van der Waals surface area contributed by atoms with Gasteiger partial charge in [-0.05, 0) is 36.8 Å². The molecule has 0 N–H and O–H groups in total. The molecule has 0 radical (unpaired) electrons. The number of ether oxygens (including phenoxy) is 1. The minimum Gasteiger partial charge on any atom is -0.461 e. The van der Waals surface area contributed by atoms with E-state index < -0.39 is 33.3 Å². The largest absolute Gasteiger partial charge is 0.461 e. The van der Waals surface area contributed by atoms with Crippen LogP contribution in [0.3, 0.4) is 0 Å². The number of hydrogen-bond acceptors (Lipinski definition) is 4. The molecule has 0 aliphatic carbocycles. The first-order chi connectivity index (χ1) is 12.1. The van der Waals surface area contributed by atoms with Crippen LogP contribution in [0.1, 0.15) is 23.1 Å². The van der Waals surface area contributed by atoms with Gasteiger partial charge in [0.2, 0.25) is 0 Å². The first-order valence-corrected chi connectivity index (χ1v) is 9.34. The number of benzene rings is 2. The van der Waals surface area contributed by atoms with Crippen LogP contribution in [-0.4, -0.2) is 20.1 Å². The number of carbonyl (C=O) groups excluding carboxylic acids is 1. The molecular formula is C18H17F3O4S. The van der Waals surface area contributed by atoms with Crippen molar-refractivity contribution in [2.24, 2.45) is 0 Å². The number of sulfone groups is 1. The van der Waals surface area contributed by atoms with Gasteiger partial charge in [-0.3, -0.25) is 4.79 Å². The van der Waals surface area contributed by atoms with E-state index in [0.29, 0.717) is 0 Å². The molecule has 0 atom stereocenters. The molecule has 26 heavy (non-hydrogen) atoms. The van der Waals surface area contributed by atoms with E-state index in [2.05, 4.69) is 0 Å². The third kappa shape index (κ3) is 5.59. The summed E-state index contributed by atoms with van der Waals surface area (Å²) in [5.41, 5.74) is 0.243. The van der Waals surface area contributed by atoms with Crippen LogP contribution in [0, 0.1) is 6.92 Å². The molecular weight excluding hydrogens is 369 g/mol. The Balaban J connectivity index is 1.90. The standard InChI is InChI=1S/C18H17F3O4S/c1-13-5-7-16(8-6-13)26(23,24)10-9-17(22)25-12-14-3-2-4-15(11-14)18(19,20)21/h2-8,11H,9-10,12H2,1H3. The zero-order chi connectivity index (χ0) is 19.4. The van der Waals surface area contributed by atoms with Crippen molar-refractivity contribution in [2.45, 2.75) is 31.0 Å². The lowest BCUT2D eigenvalue weighted by Crippen LogP contribution is -2.14. The third-order valence-corrected chi connectivity index (χ3v) is 5.34. The number of esters is 1. The van der Waals surface area contributed by atoms with Crippen LogP contribution in [0.5, 0.6) is 0 Å². The number of carbonyl (C=O) groups is 1. The quantitative estimate of drug-likeness (QED) is 0.706. The highest BCUT2D eigenvalue weighted by atomic mass is 32.2. The zero-order valence-corrected chi connectivity index (χ0v) is 14.7. The van der Waals surface area contributed by atoms with Crippen molar-refractivity contribution in [3.8, 4) is 0 Å². The summed E-state index contributed by atoms with van der Waals surface area (Å²) in [5, 5.41) is 0. The van der Waals surface area contributed by atoms with Gasteiger partial charge in [-0.1, -0.05) is 29.8 Å². The van der Waals surface area contributed by atoms with Crippen molar-refractivity contribution in [2.75, 3.05) is 5.75 Å². The molecule has 2 rings (SSSR count). The molecule has 0 bridgehead atoms. The molecule has 2 aromatic carbocycles. The first-order valence-electron chi connectivity index (χ1n) is 7.69. The van der Waals surface area contributed by atoms with Crippen LogP contribution in [0.4, 0.5) is 13.2 Å². The van der Waals surface area contributed by atoms with Gasteiger partial charge in [-0.2, -0.15) is 13.2 Å². The summed E-state index contributed by atoms with van der Waals surface area (Å²) in [5.74, 6) is -1.23. The number of alkyl halides is 3. The van der Waals surface area contributed by atoms with E-state index >= 15 is 0 Å². The Hall–Kier alpha value is -2.35. The topological polar surface area (TPSA) is 60.4 Å². The van der Waals surface area contributed by atoms with Gasteiger partial charge >= 0.3 is 12.1 Å². The molecule has 0 heterocycles. The minimum atomic E-state index is -4.48. The molecule has 0 aliphatic heterocycles. The summed E-state index contributed by atoms with van der Waals surface area (Å²) in [4.78, 5) is 11.8. The van der Waals surface area contributed by atoms with Crippen molar-refractivity contribution in [3.05, 3.63) is 65.2 Å². The molecule has 140 valence electrons. The normalized spacial score (nSPS) is 12.0. The summed E-state index contributed by atoms with van der Waals surface area (Å²) in [6, 6.07) is 10.6. The highest BCUT2D eigenvalue weighted by molar-refractivity contribution is 7.91. The fourth-order valence-electron chi connectivity index (χ4n) is 2.15. The van der Waals surface area contributed by atoms with Gasteiger partial charge in [0.25, 0.3) is 0 Å². The van der Waals surface area contributed by atoms with E-state index in [4.69, 9.17) is 4.74 Å². The maximum Gasteiger partial charge on any atom is 0.416 e. The number of halogens is 3. The van der Waals surface area contributed by atoms with Crippen LogP contribution in [0.25, 0.3) is 0 Å². The molecule has 8 heteroatoms. The van der Waals surface area contributed by atoms with E-state index in [1.165, 1.54) is 24.3 Å². The van der Waals surface area contributed by atoms with Crippen molar-refractivity contribution in [1.82, 2.24) is 0 Å². The maximum absolute atomic E-state index is 12.6. The Morgan fingerprint density at radius 2 is 1.73 bits per heavy atom. The third-order valence-electron chi connectivity index (χ3n) is 3.61. The van der Waals surface area contributed by atoms with Gasteiger partial charge in [0.1, 0.15) is 6.61 Å². The van der Waals surface area contributed by atoms with Gasteiger partial charge in [0, 0.05) is 0 Å². The molecule has 4 nitrogen and oxygen atoms in total. The van der Waals surface area contributed by atoms with Crippen molar-refractivity contribution < 1.29 is 31.1 Å². The van der Waals surface area contributed by atoms with E-state index in [0.717, 1.165) is 17.7 Å². The molecule has 0 amide bonds. The first kappa shape index (κ1) is 20.0. The summed E-state index contributed by atoms with van der Waals surface area (Å²) >= 11 is 0. The second-order valence-electron chi connectivity index (χ2n) is 5.74. The SMILES string of the molecule is Cc1ccc(S(=O)(=O)CCC(=O)OCc2cccc(C(F)(F)F)c2)cc1. The van der Waals surface area contributed by atoms with Gasteiger partial charge in [0.15, 0.2) is 9.84 Å². The highest BCUT2D eigenvalue weighted by Gasteiger charge is 2.30. The number of aryl methyl sites for hydroxylation is 1. The average Bonchev–Trinajstić information content (AvgIpc) is 2.58. The Labute approximate surface area is 149 Å². The number of rotatable bonds is 6. The maximum atomic E-state index is 12.6. The van der Waals surface area contributed by atoms with Gasteiger partial charge in [-0.15, -0.1) is 0 Å². The average molecular weight is 386 g/mol. The smallest absolute Gasteiger partial charge is 0.416 e. The predicted octanol–water partition coefficient (Wildman–Crippen LogP) is 3.92. The van der Waals surface area contributed by atoms with Gasteiger partial charge in [-0.25, -0.2) is 8.42 Å². The van der Waals surface area contributed by atoms with Crippen molar-refractivity contribution in [3.63, 3.8) is 0 Å². The molecule has 0 spiro atoms. The molecule has 0 unspecified atom stereocenters. The fraction of sp³-hybridized carbons (Fsp3) is 0.278. The number of hydrogen-bond donors (Lipinski definition) is 0. The van der Waals surface area contributed by atoms with Crippen LogP contribution in [0.2, 0.25) is 0 Å². The summed E-state index contributed by atoms with van der Waals surface area (Å²) in [7, 11) is -3.63. The Bertz CT molecular complexity index is 872. The predicted molar refractivity (Wildman–Crippen MR) is 89.1 cm³/mol. The van der Waals surface area contributed by atoms with Gasteiger partial charge in [0.05, 0.1) is 22.6 Å². The van der Waals surface area contributed by atoms with E-state index in [1.807, 2.05) is 6.92 Å². The minimum absolute atomic E-state index is 0.105. The molecule has 2 aromatic rings. The van der Waals surface area contributed by atoms with E-state index in [9.17, 15) is 26.4 Å². The molecule has 0 saturated heterocycles. The van der Waals surface area contributed by atoms with Crippen LogP contribution in [0.15, 0.2) is 53.4 Å². The lowest BCUT2D eigenvalue weighted by Gasteiger charge is -2.09. The van der Waals surface area contributed by atoms with Crippen molar-refractivity contribution >= 4 is 15.8 Å². The van der Waals surface area contributed by atoms with Gasteiger partial charge < -0.3 is 4.74 Å². The van der Waals surface area contributed by atoms with E-state index in [-0.39, 0.29) is 23.5 Å². The summed E-state index contributed by atoms with van der Waals surface area (Å²) in [6.45, 7) is 1.47. The zero-order valence-electron chi connectivity index (χ0n) is 13.9. The Morgan fingerprint density at radius 1 is 1.08 bits per heavy atom. The Kier molecular flexibility index (Phi) is 6.07. The second kappa shape index (κ2) is 7.90. The Morgan fingerprint density at radius 3 is 2.35 bits per heavy atom. The van der Waals surface area contributed by atoms with Crippen molar-refractivity contribution in [1.29, 1.82) is 0 Å². The molecule has 0 saturated carbocycles.